The van der Waals surface area contributed by atoms with Gasteiger partial charge in [0.15, 0.2) is 0 Å². The van der Waals surface area contributed by atoms with Gasteiger partial charge in [0.1, 0.15) is 0 Å². The van der Waals surface area contributed by atoms with Crippen LogP contribution in [0.3, 0.4) is 0 Å². The Bertz CT molecular complexity index is 400. The van der Waals surface area contributed by atoms with Gasteiger partial charge >= 0.3 is 0 Å². The van der Waals surface area contributed by atoms with Crippen molar-refractivity contribution in [1.82, 2.24) is 10.6 Å². The zero-order chi connectivity index (χ0) is 11.6. The number of amides is 1. The SMILES string of the molecule is CC1(NC(=O)c2ccccc2Br)CCNC1. The van der Waals surface area contributed by atoms with Crippen LogP contribution in [0.1, 0.15) is 23.7 Å². The molecule has 0 saturated carbocycles. The molecular weight excluding hydrogens is 268 g/mol. The third kappa shape index (κ3) is 2.44. The molecule has 0 aromatic heterocycles. The molecule has 2 rings (SSSR count). The summed E-state index contributed by atoms with van der Waals surface area (Å²) < 4.78 is 0.835. The number of hydrogen-bond donors (Lipinski definition) is 2. The van der Waals surface area contributed by atoms with Gasteiger partial charge in [-0.15, -0.1) is 0 Å². The molecule has 1 saturated heterocycles. The van der Waals surface area contributed by atoms with Gasteiger partial charge in [0.25, 0.3) is 5.91 Å². The summed E-state index contributed by atoms with van der Waals surface area (Å²) in [4.78, 5) is 12.1. The predicted molar refractivity (Wildman–Crippen MR) is 67.5 cm³/mol. The van der Waals surface area contributed by atoms with E-state index in [1.165, 1.54) is 0 Å². The third-order valence-electron chi connectivity index (χ3n) is 2.90. The van der Waals surface area contributed by atoms with Crippen LogP contribution in [0.2, 0.25) is 0 Å². The van der Waals surface area contributed by atoms with Crippen molar-refractivity contribution in [3.8, 4) is 0 Å². The molecule has 0 spiro atoms. The maximum absolute atomic E-state index is 12.1. The lowest BCUT2D eigenvalue weighted by Gasteiger charge is -2.24. The number of rotatable bonds is 2. The fourth-order valence-electron chi connectivity index (χ4n) is 1.91. The van der Waals surface area contributed by atoms with Crippen molar-refractivity contribution in [2.75, 3.05) is 13.1 Å². The highest BCUT2D eigenvalue weighted by Gasteiger charge is 2.30. The summed E-state index contributed by atoms with van der Waals surface area (Å²) in [5.41, 5.74) is 0.572. The molecule has 1 aliphatic rings. The fourth-order valence-corrected chi connectivity index (χ4v) is 2.38. The van der Waals surface area contributed by atoms with Gasteiger partial charge in [-0.25, -0.2) is 0 Å². The molecule has 1 unspecified atom stereocenters. The number of hydrogen-bond acceptors (Lipinski definition) is 2. The largest absolute Gasteiger partial charge is 0.346 e. The van der Waals surface area contributed by atoms with Gasteiger partial charge in [-0.05, 0) is 48.0 Å². The first-order valence-corrected chi connectivity index (χ1v) is 6.18. The third-order valence-corrected chi connectivity index (χ3v) is 3.59. The summed E-state index contributed by atoms with van der Waals surface area (Å²) in [6.07, 6.45) is 0.975. The number of benzene rings is 1. The van der Waals surface area contributed by atoms with Gasteiger partial charge in [-0.2, -0.15) is 0 Å². The molecule has 1 aromatic carbocycles. The number of carbonyl (C=O) groups is 1. The fraction of sp³-hybridized carbons (Fsp3) is 0.417. The van der Waals surface area contributed by atoms with Crippen molar-refractivity contribution in [3.63, 3.8) is 0 Å². The van der Waals surface area contributed by atoms with Crippen molar-refractivity contribution < 1.29 is 4.79 Å². The topological polar surface area (TPSA) is 41.1 Å². The summed E-state index contributed by atoms with van der Waals surface area (Å²) in [5.74, 6) is -0.0151. The maximum Gasteiger partial charge on any atom is 0.252 e. The van der Waals surface area contributed by atoms with Crippen LogP contribution in [0.15, 0.2) is 28.7 Å². The molecule has 0 radical (unpaired) electrons. The van der Waals surface area contributed by atoms with E-state index in [2.05, 4.69) is 33.5 Å². The highest BCUT2D eigenvalue weighted by atomic mass is 79.9. The van der Waals surface area contributed by atoms with Crippen LogP contribution in [0.25, 0.3) is 0 Å². The molecule has 1 amide bonds. The van der Waals surface area contributed by atoms with Gasteiger partial charge in [-0.1, -0.05) is 12.1 Å². The highest BCUT2D eigenvalue weighted by Crippen LogP contribution is 2.19. The Morgan fingerprint density at radius 3 is 2.88 bits per heavy atom. The minimum Gasteiger partial charge on any atom is -0.346 e. The van der Waals surface area contributed by atoms with Crippen molar-refractivity contribution in [2.24, 2.45) is 0 Å². The second-order valence-electron chi connectivity index (χ2n) is 4.42. The number of carbonyl (C=O) groups excluding carboxylic acids is 1. The lowest BCUT2D eigenvalue weighted by Crippen LogP contribution is -2.47. The molecule has 0 aliphatic carbocycles. The van der Waals surface area contributed by atoms with E-state index in [0.717, 1.165) is 24.0 Å². The Balaban J connectivity index is 2.11. The molecule has 16 heavy (non-hydrogen) atoms. The van der Waals surface area contributed by atoms with Crippen molar-refractivity contribution in [1.29, 1.82) is 0 Å². The molecular formula is C12H15BrN2O. The first-order chi connectivity index (χ1) is 7.61. The lowest BCUT2D eigenvalue weighted by atomic mass is 10.0. The van der Waals surface area contributed by atoms with Crippen molar-refractivity contribution >= 4 is 21.8 Å². The van der Waals surface area contributed by atoms with Crippen LogP contribution in [0, 0.1) is 0 Å². The number of nitrogens with one attached hydrogen (secondary N) is 2. The maximum atomic E-state index is 12.1. The van der Waals surface area contributed by atoms with Gasteiger partial charge in [-0.3, -0.25) is 4.79 Å². The van der Waals surface area contributed by atoms with Gasteiger partial charge in [0.2, 0.25) is 0 Å². The normalized spacial score (nSPS) is 24.4. The first-order valence-electron chi connectivity index (χ1n) is 5.38. The molecule has 1 heterocycles. The Morgan fingerprint density at radius 2 is 2.25 bits per heavy atom. The summed E-state index contributed by atoms with van der Waals surface area (Å²) in [7, 11) is 0. The van der Waals surface area contributed by atoms with E-state index < -0.39 is 0 Å². The van der Waals surface area contributed by atoms with E-state index in [1.54, 1.807) is 0 Å². The van der Waals surface area contributed by atoms with Gasteiger partial charge in [0, 0.05) is 11.0 Å². The van der Waals surface area contributed by atoms with E-state index in [-0.39, 0.29) is 11.4 Å². The lowest BCUT2D eigenvalue weighted by molar-refractivity contribution is 0.0912. The second-order valence-corrected chi connectivity index (χ2v) is 5.28. The summed E-state index contributed by atoms with van der Waals surface area (Å²) >= 11 is 3.39. The van der Waals surface area contributed by atoms with Crippen LogP contribution in [0.5, 0.6) is 0 Å². The van der Waals surface area contributed by atoms with Crippen LogP contribution >= 0.6 is 15.9 Å². The van der Waals surface area contributed by atoms with E-state index in [4.69, 9.17) is 0 Å². The average Bonchev–Trinajstić information content (AvgIpc) is 2.65. The molecule has 1 aliphatic heterocycles. The molecule has 0 bridgehead atoms. The molecule has 2 N–H and O–H groups in total. The molecule has 1 atom stereocenters. The monoisotopic (exact) mass is 282 g/mol. The average molecular weight is 283 g/mol. The van der Waals surface area contributed by atoms with Crippen LogP contribution in [-0.4, -0.2) is 24.5 Å². The van der Waals surface area contributed by atoms with Crippen LogP contribution < -0.4 is 10.6 Å². The highest BCUT2D eigenvalue weighted by molar-refractivity contribution is 9.10. The summed E-state index contributed by atoms with van der Waals surface area (Å²) in [6.45, 7) is 3.87. The van der Waals surface area contributed by atoms with E-state index in [9.17, 15) is 4.79 Å². The second kappa shape index (κ2) is 4.55. The van der Waals surface area contributed by atoms with E-state index >= 15 is 0 Å². The summed E-state index contributed by atoms with van der Waals surface area (Å²) in [5, 5.41) is 6.34. The standard InChI is InChI=1S/C12H15BrN2O/c1-12(6-7-14-8-12)15-11(16)9-4-2-3-5-10(9)13/h2-5,14H,6-8H2,1H3,(H,15,16). The number of halogens is 1. The van der Waals surface area contributed by atoms with E-state index in [1.807, 2.05) is 24.3 Å². The predicted octanol–water partition coefficient (Wildman–Crippen LogP) is 1.93. The molecule has 86 valence electrons. The van der Waals surface area contributed by atoms with Crippen LogP contribution in [0.4, 0.5) is 0 Å². The van der Waals surface area contributed by atoms with Gasteiger partial charge < -0.3 is 10.6 Å². The van der Waals surface area contributed by atoms with Gasteiger partial charge in [0.05, 0.1) is 11.1 Å². The minimum absolute atomic E-state index is 0.0151. The van der Waals surface area contributed by atoms with Crippen molar-refractivity contribution in [2.45, 2.75) is 18.9 Å². The Morgan fingerprint density at radius 1 is 1.50 bits per heavy atom. The first kappa shape index (κ1) is 11.6. The minimum atomic E-state index is -0.119. The summed E-state index contributed by atoms with van der Waals surface area (Å²) in [6, 6.07) is 7.48. The zero-order valence-corrected chi connectivity index (χ0v) is 10.8. The Labute approximate surface area is 104 Å². The molecule has 1 aromatic rings. The molecule has 3 nitrogen and oxygen atoms in total. The molecule has 1 fully saturated rings. The quantitative estimate of drug-likeness (QED) is 0.870. The van der Waals surface area contributed by atoms with E-state index in [0.29, 0.717) is 5.56 Å². The molecule has 4 heteroatoms. The Kier molecular flexibility index (Phi) is 3.30. The van der Waals surface area contributed by atoms with Crippen molar-refractivity contribution in [3.05, 3.63) is 34.3 Å². The Hall–Kier alpha value is -0.870. The van der Waals surface area contributed by atoms with Crippen LogP contribution in [-0.2, 0) is 0 Å². The smallest absolute Gasteiger partial charge is 0.252 e. The zero-order valence-electron chi connectivity index (χ0n) is 9.22.